The Morgan fingerprint density at radius 3 is 2.78 bits per heavy atom. The first-order valence-electron chi connectivity index (χ1n) is 11.3. The molecule has 2 N–H and O–H groups in total. The quantitative estimate of drug-likeness (QED) is 0.525. The molecule has 1 saturated heterocycles. The van der Waals surface area contributed by atoms with Gasteiger partial charge in [0.25, 0.3) is 0 Å². The minimum atomic E-state index is 0.235. The third-order valence-electron chi connectivity index (χ3n) is 6.79. The Balaban J connectivity index is 1.37. The molecule has 164 valence electrons. The molecular weight excluding hydrogens is 466 g/mol. The van der Waals surface area contributed by atoms with Crippen LogP contribution in [0, 0.1) is 23.2 Å². The zero-order valence-electron chi connectivity index (χ0n) is 17.9. The fraction of sp³-hybridized carbons (Fsp3) is 0.400. The smallest absolute Gasteiger partial charge is 0.223 e. The summed E-state index contributed by atoms with van der Waals surface area (Å²) in [5.41, 5.74) is 4.66. The molecule has 3 aromatic rings. The molecule has 5 rings (SSSR count). The summed E-state index contributed by atoms with van der Waals surface area (Å²) in [5, 5.41) is 13.3. The van der Waals surface area contributed by atoms with E-state index in [1.54, 1.807) is 0 Å². The summed E-state index contributed by atoms with van der Waals surface area (Å²) in [5.74, 6) is 0.919. The lowest BCUT2D eigenvalue weighted by Crippen LogP contribution is -2.43. The van der Waals surface area contributed by atoms with Crippen LogP contribution in [0.5, 0.6) is 0 Å². The first kappa shape index (κ1) is 21.0. The van der Waals surface area contributed by atoms with Crippen molar-refractivity contribution < 1.29 is 4.79 Å². The van der Waals surface area contributed by atoms with Crippen LogP contribution in [0.15, 0.2) is 41.0 Å². The number of nitrogens with one attached hydrogen (secondary N) is 2. The van der Waals surface area contributed by atoms with Gasteiger partial charge in [-0.2, -0.15) is 5.26 Å². The van der Waals surface area contributed by atoms with Crippen molar-refractivity contribution in [1.82, 2.24) is 15.3 Å². The number of fused-ring (bicyclic) bond motifs is 1. The van der Waals surface area contributed by atoms with Crippen molar-refractivity contribution >= 4 is 38.6 Å². The summed E-state index contributed by atoms with van der Waals surface area (Å²) in [6.45, 7) is 2.66. The van der Waals surface area contributed by atoms with E-state index >= 15 is 0 Å². The van der Waals surface area contributed by atoms with E-state index in [9.17, 15) is 4.79 Å². The van der Waals surface area contributed by atoms with Crippen molar-refractivity contribution in [2.24, 2.45) is 11.8 Å². The summed E-state index contributed by atoms with van der Waals surface area (Å²) >= 11 is 3.73. The molecule has 3 heterocycles. The number of anilines is 1. The molecule has 1 aliphatic carbocycles. The number of halogens is 1. The highest BCUT2D eigenvalue weighted by Gasteiger charge is 2.28. The van der Waals surface area contributed by atoms with Gasteiger partial charge in [-0.15, -0.1) is 0 Å². The van der Waals surface area contributed by atoms with Crippen molar-refractivity contribution in [1.29, 1.82) is 5.26 Å². The third kappa shape index (κ3) is 4.12. The number of hydrogen-bond donors (Lipinski definition) is 2. The number of nitrogens with zero attached hydrogens (tertiary/aromatic N) is 3. The highest BCUT2D eigenvalue weighted by atomic mass is 79.9. The fourth-order valence-corrected chi connectivity index (χ4v) is 5.30. The number of piperidine rings is 1. The second-order valence-corrected chi connectivity index (χ2v) is 9.77. The lowest BCUT2D eigenvalue weighted by Gasteiger charge is -2.36. The van der Waals surface area contributed by atoms with Gasteiger partial charge in [-0.25, -0.2) is 4.98 Å². The topological polar surface area (TPSA) is 84.8 Å². The summed E-state index contributed by atoms with van der Waals surface area (Å²) in [7, 11) is 0. The van der Waals surface area contributed by atoms with Crippen LogP contribution in [0.1, 0.15) is 37.7 Å². The van der Waals surface area contributed by atoms with Crippen molar-refractivity contribution in [2.75, 3.05) is 24.5 Å². The number of aromatic amines is 1. The van der Waals surface area contributed by atoms with Crippen LogP contribution in [0.4, 0.5) is 5.69 Å². The SMILES string of the molecule is N#Cc1ccc(-c2cc3c(N4CCCC(CNC(=O)C5CCC5)C4)c(Br)cnc3[nH]2)cc1. The number of carbonyl (C=O) groups is 1. The number of amides is 1. The largest absolute Gasteiger partial charge is 0.370 e. The van der Waals surface area contributed by atoms with E-state index in [1.807, 2.05) is 30.5 Å². The van der Waals surface area contributed by atoms with Gasteiger partial charge in [0.05, 0.1) is 21.8 Å². The maximum Gasteiger partial charge on any atom is 0.223 e. The average molecular weight is 492 g/mol. The number of hydrogen-bond acceptors (Lipinski definition) is 4. The highest BCUT2D eigenvalue weighted by molar-refractivity contribution is 9.10. The standard InChI is InChI=1S/C25H26BrN5O/c26-21-14-28-24-20(11-22(30-24)18-8-6-16(12-27)7-9-18)23(21)31-10-2-3-17(15-31)13-29-25(32)19-4-1-5-19/h6-9,11,14,17,19H,1-5,10,13,15H2,(H,28,30)(H,29,32). The summed E-state index contributed by atoms with van der Waals surface area (Å²) in [4.78, 5) is 22.7. The highest BCUT2D eigenvalue weighted by Crippen LogP contribution is 2.38. The number of nitriles is 1. The van der Waals surface area contributed by atoms with Crippen LogP contribution in [0.25, 0.3) is 22.3 Å². The predicted molar refractivity (Wildman–Crippen MR) is 129 cm³/mol. The predicted octanol–water partition coefficient (Wildman–Crippen LogP) is 5.00. The monoisotopic (exact) mass is 491 g/mol. The van der Waals surface area contributed by atoms with E-state index in [0.29, 0.717) is 11.5 Å². The van der Waals surface area contributed by atoms with Crippen LogP contribution in [-0.4, -0.2) is 35.5 Å². The van der Waals surface area contributed by atoms with Gasteiger partial charge in [0.15, 0.2) is 0 Å². The molecule has 2 fully saturated rings. The lowest BCUT2D eigenvalue weighted by atomic mass is 9.84. The Bertz CT molecular complexity index is 1180. The van der Waals surface area contributed by atoms with Crippen LogP contribution < -0.4 is 10.2 Å². The second-order valence-electron chi connectivity index (χ2n) is 8.92. The first-order chi connectivity index (χ1) is 15.6. The van der Waals surface area contributed by atoms with Crippen molar-refractivity contribution in [3.8, 4) is 17.3 Å². The van der Waals surface area contributed by atoms with Gasteiger partial charge in [-0.3, -0.25) is 4.79 Å². The number of pyridine rings is 1. The summed E-state index contributed by atoms with van der Waals surface area (Å²) in [6.07, 6.45) is 7.37. The van der Waals surface area contributed by atoms with E-state index < -0.39 is 0 Å². The number of benzene rings is 1. The van der Waals surface area contributed by atoms with Gasteiger partial charge < -0.3 is 15.2 Å². The van der Waals surface area contributed by atoms with Crippen LogP contribution >= 0.6 is 15.9 Å². The Morgan fingerprint density at radius 2 is 2.06 bits per heavy atom. The molecule has 2 aliphatic rings. The molecule has 1 amide bonds. The number of carbonyl (C=O) groups excluding carboxylic acids is 1. The van der Waals surface area contributed by atoms with E-state index in [2.05, 4.69) is 48.3 Å². The van der Waals surface area contributed by atoms with Gasteiger partial charge in [-0.1, -0.05) is 18.6 Å². The molecule has 1 aromatic carbocycles. The van der Waals surface area contributed by atoms with Gasteiger partial charge in [0, 0.05) is 42.8 Å². The molecule has 1 unspecified atom stereocenters. The summed E-state index contributed by atoms with van der Waals surface area (Å²) < 4.78 is 0.981. The Labute approximate surface area is 196 Å². The van der Waals surface area contributed by atoms with E-state index in [0.717, 1.165) is 77.8 Å². The zero-order valence-corrected chi connectivity index (χ0v) is 19.5. The molecule has 7 heteroatoms. The molecule has 32 heavy (non-hydrogen) atoms. The van der Waals surface area contributed by atoms with E-state index in [-0.39, 0.29) is 11.8 Å². The van der Waals surface area contributed by atoms with Crippen LogP contribution in [0.3, 0.4) is 0 Å². The Kier molecular flexibility index (Phi) is 5.88. The maximum atomic E-state index is 12.3. The third-order valence-corrected chi connectivity index (χ3v) is 7.37. The van der Waals surface area contributed by atoms with Gasteiger partial charge >= 0.3 is 0 Å². The molecule has 0 bridgehead atoms. The first-order valence-corrected chi connectivity index (χ1v) is 12.1. The summed E-state index contributed by atoms with van der Waals surface area (Å²) in [6, 6.07) is 11.9. The van der Waals surface area contributed by atoms with E-state index in [1.165, 1.54) is 6.42 Å². The molecular formula is C25H26BrN5O. The lowest BCUT2D eigenvalue weighted by molar-refractivity contribution is -0.127. The minimum absolute atomic E-state index is 0.235. The maximum absolute atomic E-state index is 12.3. The molecule has 1 atom stereocenters. The molecule has 0 radical (unpaired) electrons. The van der Waals surface area contributed by atoms with Gasteiger partial charge in [-0.05, 0) is 71.3 Å². The second kappa shape index (κ2) is 8.95. The average Bonchev–Trinajstić information content (AvgIpc) is 3.21. The van der Waals surface area contributed by atoms with Gasteiger partial charge in [0.2, 0.25) is 5.91 Å². The molecule has 6 nitrogen and oxygen atoms in total. The number of rotatable bonds is 5. The van der Waals surface area contributed by atoms with E-state index in [4.69, 9.17) is 5.26 Å². The molecule has 1 saturated carbocycles. The normalized spacial score (nSPS) is 18.9. The zero-order chi connectivity index (χ0) is 22.1. The fourth-order valence-electron chi connectivity index (χ4n) is 4.73. The minimum Gasteiger partial charge on any atom is -0.370 e. The Morgan fingerprint density at radius 1 is 1.25 bits per heavy atom. The van der Waals surface area contributed by atoms with Gasteiger partial charge in [0.1, 0.15) is 5.65 Å². The van der Waals surface area contributed by atoms with Crippen molar-refractivity contribution in [3.05, 3.63) is 46.6 Å². The van der Waals surface area contributed by atoms with Crippen molar-refractivity contribution in [2.45, 2.75) is 32.1 Å². The molecule has 2 aromatic heterocycles. The van der Waals surface area contributed by atoms with Crippen molar-refractivity contribution in [3.63, 3.8) is 0 Å². The molecule has 1 aliphatic heterocycles. The molecule has 0 spiro atoms. The number of aromatic nitrogens is 2. The Hall–Kier alpha value is -2.85. The van der Waals surface area contributed by atoms with Crippen LogP contribution in [-0.2, 0) is 4.79 Å². The number of H-pyrrole nitrogens is 1. The van der Waals surface area contributed by atoms with Crippen LogP contribution in [0.2, 0.25) is 0 Å².